The summed E-state index contributed by atoms with van der Waals surface area (Å²) in [5, 5.41) is 2.70. The summed E-state index contributed by atoms with van der Waals surface area (Å²) >= 11 is 0. The van der Waals surface area contributed by atoms with Crippen LogP contribution in [0.2, 0.25) is 0 Å². The Bertz CT molecular complexity index is 687. The van der Waals surface area contributed by atoms with Gasteiger partial charge in [-0.1, -0.05) is 12.1 Å². The van der Waals surface area contributed by atoms with Gasteiger partial charge in [-0.15, -0.1) is 0 Å². The van der Waals surface area contributed by atoms with Crippen LogP contribution in [0.5, 0.6) is 0 Å². The molecule has 2 rings (SSSR count). The lowest BCUT2D eigenvalue weighted by atomic mass is 10.2. The minimum absolute atomic E-state index is 0.0624. The molecule has 1 aromatic heterocycles. The SMILES string of the molecule is Cc1cccc(NC(=O)Cc2cc(=O)[nH]c(=O)[nH]2)c1. The summed E-state index contributed by atoms with van der Waals surface area (Å²) in [5.41, 5.74) is 0.839. The van der Waals surface area contributed by atoms with E-state index in [1.807, 2.05) is 30.1 Å². The van der Waals surface area contributed by atoms with E-state index in [9.17, 15) is 14.4 Å². The number of H-pyrrole nitrogens is 2. The van der Waals surface area contributed by atoms with Crippen molar-refractivity contribution in [1.82, 2.24) is 9.97 Å². The summed E-state index contributed by atoms with van der Waals surface area (Å²) in [4.78, 5) is 38.4. The number of nitrogens with one attached hydrogen (secondary N) is 3. The molecular formula is C13H13N3O3. The number of anilines is 1. The molecule has 1 heterocycles. The van der Waals surface area contributed by atoms with Crippen LogP contribution >= 0.6 is 0 Å². The Hall–Kier alpha value is -2.63. The van der Waals surface area contributed by atoms with E-state index in [0.717, 1.165) is 5.56 Å². The van der Waals surface area contributed by atoms with Crippen LogP contribution in [-0.4, -0.2) is 15.9 Å². The molecule has 0 aliphatic rings. The van der Waals surface area contributed by atoms with Gasteiger partial charge in [0.25, 0.3) is 5.56 Å². The van der Waals surface area contributed by atoms with Gasteiger partial charge in [0, 0.05) is 17.4 Å². The quantitative estimate of drug-likeness (QED) is 0.751. The minimum atomic E-state index is -0.620. The second-order valence-electron chi connectivity index (χ2n) is 4.21. The Kier molecular flexibility index (Phi) is 3.61. The van der Waals surface area contributed by atoms with Crippen LogP contribution in [0.25, 0.3) is 0 Å². The van der Waals surface area contributed by atoms with Crippen LogP contribution in [0.4, 0.5) is 5.69 Å². The molecule has 1 aromatic carbocycles. The first-order valence-corrected chi connectivity index (χ1v) is 5.72. The topological polar surface area (TPSA) is 94.8 Å². The molecule has 0 bridgehead atoms. The number of carbonyl (C=O) groups is 1. The van der Waals surface area contributed by atoms with Crippen LogP contribution in [0, 0.1) is 6.92 Å². The summed E-state index contributed by atoms with van der Waals surface area (Å²) < 4.78 is 0. The van der Waals surface area contributed by atoms with Crippen molar-refractivity contribution in [3.8, 4) is 0 Å². The fraction of sp³-hybridized carbons (Fsp3) is 0.154. The Morgan fingerprint density at radius 1 is 1.21 bits per heavy atom. The highest BCUT2D eigenvalue weighted by Gasteiger charge is 2.06. The van der Waals surface area contributed by atoms with Crippen LogP contribution < -0.4 is 16.6 Å². The number of carbonyl (C=O) groups excluding carboxylic acids is 1. The third kappa shape index (κ3) is 3.67. The predicted octanol–water partition coefficient (Wildman–Crippen LogP) is 0.553. The van der Waals surface area contributed by atoms with Crippen molar-refractivity contribution < 1.29 is 4.79 Å². The third-order valence-electron chi connectivity index (χ3n) is 2.47. The van der Waals surface area contributed by atoms with E-state index in [1.165, 1.54) is 6.07 Å². The maximum atomic E-state index is 11.8. The van der Waals surface area contributed by atoms with Gasteiger partial charge in [-0.25, -0.2) is 4.79 Å². The van der Waals surface area contributed by atoms with Gasteiger partial charge in [-0.2, -0.15) is 0 Å². The summed E-state index contributed by atoms with van der Waals surface area (Å²) in [6.07, 6.45) is -0.0624. The predicted molar refractivity (Wildman–Crippen MR) is 71.2 cm³/mol. The molecule has 0 aliphatic carbocycles. The largest absolute Gasteiger partial charge is 0.326 e. The number of aromatic nitrogens is 2. The third-order valence-corrected chi connectivity index (χ3v) is 2.47. The highest BCUT2D eigenvalue weighted by atomic mass is 16.2. The first-order valence-electron chi connectivity index (χ1n) is 5.72. The first kappa shape index (κ1) is 12.8. The Morgan fingerprint density at radius 2 is 2.00 bits per heavy atom. The van der Waals surface area contributed by atoms with E-state index in [4.69, 9.17) is 0 Å². The highest BCUT2D eigenvalue weighted by molar-refractivity contribution is 5.92. The van der Waals surface area contributed by atoms with E-state index < -0.39 is 11.2 Å². The fourth-order valence-electron chi connectivity index (χ4n) is 1.72. The number of hydrogen-bond donors (Lipinski definition) is 3. The van der Waals surface area contributed by atoms with E-state index in [-0.39, 0.29) is 18.0 Å². The molecule has 0 fully saturated rings. The van der Waals surface area contributed by atoms with Gasteiger partial charge in [0.2, 0.25) is 5.91 Å². The average Bonchev–Trinajstić information content (AvgIpc) is 2.26. The van der Waals surface area contributed by atoms with Gasteiger partial charge in [0.1, 0.15) is 0 Å². The van der Waals surface area contributed by atoms with Crippen molar-refractivity contribution in [3.05, 3.63) is 62.4 Å². The van der Waals surface area contributed by atoms with Gasteiger partial charge < -0.3 is 10.3 Å². The number of benzene rings is 1. The molecule has 0 saturated carbocycles. The molecule has 0 atom stereocenters. The van der Waals surface area contributed by atoms with E-state index in [0.29, 0.717) is 5.69 Å². The lowest BCUT2D eigenvalue weighted by Crippen LogP contribution is -2.25. The lowest BCUT2D eigenvalue weighted by Gasteiger charge is -2.05. The lowest BCUT2D eigenvalue weighted by molar-refractivity contribution is -0.115. The molecule has 6 nitrogen and oxygen atoms in total. The molecule has 6 heteroatoms. The van der Waals surface area contributed by atoms with Gasteiger partial charge in [0.15, 0.2) is 0 Å². The summed E-state index contributed by atoms with van der Waals surface area (Å²) in [6, 6.07) is 8.55. The Labute approximate surface area is 108 Å². The molecule has 0 aliphatic heterocycles. The van der Waals surface area contributed by atoms with Crippen molar-refractivity contribution >= 4 is 11.6 Å². The number of amides is 1. The number of hydrogen-bond acceptors (Lipinski definition) is 3. The second-order valence-corrected chi connectivity index (χ2v) is 4.21. The smallest absolute Gasteiger partial charge is 0.325 e. The Morgan fingerprint density at radius 3 is 2.68 bits per heavy atom. The number of rotatable bonds is 3. The average molecular weight is 259 g/mol. The molecule has 1 amide bonds. The molecule has 0 spiro atoms. The van der Waals surface area contributed by atoms with Crippen LogP contribution in [0.3, 0.4) is 0 Å². The highest BCUT2D eigenvalue weighted by Crippen LogP contribution is 2.09. The van der Waals surface area contributed by atoms with Gasteiger partial charge in [-0.3, -0.25) is 14.6 Å². The van der Waals surface area contributed by atoms with Crippen LogP contribution in [0.15, 0.2) is 39.9 Å². The zero-order valence-corrected chi connectivity index (χ0v) is 10.3. The summed E-state index contributed by atoms with van der Waals surface area (Å²) in [6.45, 7) is 1.92. The van der Waals surface area contributed by atoms with E-state index in [2.05, 4.69) is 10.3 Å². The van der Waals surface area contributed by atoms with Crippen molar-refractivity contribution in [2.45, 2.75) is 13.3 Å². The number of aromatic amines is 2. The molecule has 3 N–H and O–H groups in total. The van der Waals surface area contributed by atoms with Crippen molar-refractivity contribution in [1.29, 1.82) is 0 Å². The van der Waals surface area contributed by atoms with Gasteiger partial charge in [-0.05, 0) is 24.6 Å². The molecular weight excluding hydrogens is 246 g/mol. The van der Waals surface area contributed by atoms with Gasteiger partial charge >= 0.3 is 5.69 Å². The number of aryl methyl sites for hydroxylation is 1. The molecule has 19 heavy (non-hydrogen) atoms. The first-order chi connectivity index (χ1) is 9.02. The Balaban J connectivity index is 2.09. The second kappa shape index (κ2) is 5.34. The normalized spacial score (nSPS) is 10.2. The maximum Gasteiger partial charge on any atom is 0.325 e. The van der Waals surface area contributed by atoms with E-state index >= 15 is 0 Å². The monoisotopic (exact) mass is 259 g/mol. The van der Waals surface area contributed by atoms with Gasteiger partial charge in [0.05, 0.1) is 6.42 Å². The zero-order valence-electron chi connectivity index (χ0n) is 10.3. The molecule has 0 saturated heterocycles. The zero-order chi connectivity index (χ0) is 13.8. The fourth-order valence-corrected chi connectivity index (χ4v) is 1.72. The van der Waals surface area contributed by atoms with Crippen LogP contribution in [0.1, 0.15) is 11.3 Å². The maximum absolute atomic E-state index is 11.8. The molecule has 2 aromatic rings. The van der Waals surface area contributed by atoms with Crippen molar-refractivity contribution in [2.75, 3.05) is 5.32 Å². The van der Waals surface area contributed by atoms with Crippen LogP contribution in [-0.2, 0) is 11.2 Å². The molecule has 0 radical (unpaired) electrons. The molecule has 0 unspecified atom stereocenters. The minimum Gasteiger partial charge on any atom is -0.326 e. The van der Waals surface area contributed by atoms with Crippen molar-refractivity contribution in [2.24, 2.45) is 0 Å². The van der Waals surface area contributed by atoms with Crippen molar-refractivity contribution in [3.63, 3.8) is 0 Å². The van der Waals surface area contributed by atoms with E-state index in [1.54, 1.807) is 6.07 Å². The summed E-state index contributed by atoms with van der Waals surface area (Å²) in [7, 11) is 0. The summed E-state index contributed by atoms with van der Waals surface area (Å²) in [5.74, 6) is -0.299. The molecule has 98 valence electrons. The standard InChI is InChI=1S/C13H13N3O3/c1-8-3-2-4-9(5-8)14-11(17)6-10-7-12(18)16-13(19)15-10/h2-5,7H,6H2,1H3,(H,14,17)(H2,15,16,18,19).